The van der Waals surface area contributed by atoms with Crippen LogP contribution in [0.1, 0.15) is 51.7 Å². The van der Waals surface area contributed by atoms with Crippen LogP contribution in [0.5, 0.6) is 5.75 Å². The zero-order valence-corrected chi connectivity index (χ0v) is 12.6. The lowest BCUT2D eigenvalue weighted by molar-refractivity contribution is -0.123. The Bertz CT molecular complexity index is 420. The van der Waals surface area contributed by atoms with Crippen molar-refractivity contribution < 1.29 is 14.6 Å². The number of aliphatic hydroxyl groups is 1. The molecule has 0 fully saturated rings. The van der Waals surface area contributed by atoms with Gasteiger partial charge in [-0.15, -0.1) is 0 Å². The average Bonchev–Trinajstić information content (AvgIpc) is 2.44. The van der Waals surface area contributed by atoms with Gasteiger partial charge in [-0.2, -0.15) is 0 Å². The minimum absolute atomic E-state index is 0.0263. The monoisotopic (exact) mass is 279 g/mol. The van der Waals surface area contributed by atoms with E-state index in [0.717, 1.165) is 18.4 Å². The smallest absolute Gasteiger partial charge is 0.258 e. The Morgan fingerprint density at radius 2 is 2.05 bits per heavy atom. The Kier molecular flexibility index (Phi) is 7.09. The maximum absolute atomic E-state index is 11.8. The third-order valence-electron chi connectivity index (χ3n) is 3.15. The summed E-state index contributed by atoms with van der Waals surface area (Å²) in [6, 6.07) is 7.44. The molecule has 1 aromatic carbocycles. The van der Waals surface area contributed by atoms with E-state index in [2.05, 4.69) is 12.2 Å². The molecule has 1 amide bonds. The quantitative estimate of drug-likeness (QED) is 0.769. The number of aliphatic hydroxyl groups excluding tert-OH is 1. The predicted octanol–water partition coefficient (Wildman–Crippen LogP) is 2.81. The average molecular weight is 279 g/mol. The molecule has 0 aliphatic heterocycles. The van der Waals surface area contributed by atoms with Gasteiger partial charge in [-0.3, -0.25) is 4.79 Å². The molecular formula is C16H25NO3. The number of carbonyl (C=O) groups is 1. The third kappa shape index (κ3) is 5.21. The van der Waals surface area contributed by atoms with Gasteiger partial charge in [-0.05, 0) is 25.8 Å². The van der Waals surface area contributed by atoms with Gasteiger partial charge in [0.1, 0.15) is 5.75 Å². The molecule has 0 heterocycles. The number of ether oxygens (including phenoxy) is 1. The summed E-state index contributed by atoms with van der Waals surface area (Å²) in [5, 5.41) is 12.8. The standard InChI is InChI=1S/C16H25NO3/c1-4-8-12(3)17-16(19)11-20-15-10-7-6-9-13(15)14(18)5-2/h6-7,9-10,12,14,18H,4-5,8,11H2,1-3H3,(H,17,19). The van der Waals surface area contributed by atoms with Crippen molar-refractivity contribution in [3.8, 4) is 5.75 Å². The minimum atomic E-state index is -0.562. The number of hydrogen-bond donors (Lipinski definition) is 2. The molecule has 0 aromatic heterocycles. The number of hydrogen-bond acceptors (Lipinski definition) is 3. The van der Waals surface area contributed by atoms with Crippen molar-refractivity contribution in [3.05, 3.63) is 29.8 Å². The van der Waals surface area contributed by atoms with E-state index in [1.807, 2.05) is 32.0 Å². The lowest BCUT2D eigenvalue weighted by Crippen LogP contribution is -2.36. The first-order chi connectivity index (χ1) is 9.58. The summed E-state index contributed by atoms with van der Waals surface area (Å²) in [7, 11) is 0. The van der Waals surface area contributed by atoms with Gasteiger partial charge in [0.15, 0.2) is 6.61 Å². The molecule has 2 N–H and O–H groups in total. The highest BCUT2D eigenvalue weighted by atomic mass is 16.5. The van der Waals surface area contributed by atoms with E-state index in [9.17, 15) is 9.90 Å². The molecule has 0 spiro atoms. The fourth-order valence-electron chi connectivity index (χ4n) is 2.07. The van der Waals surface area contributed by atoms with Gasteiger partial charge in [0, 0.05) is 11.6 Å². The molecule has 112 valence electrons. The van der Waals surface area contributed by atoms with E-state index in [1.165, 1.54) is 0 Å². The summed E-state index contributed by atoms with van der Waals surface area (Å²) in [5.41, 5.74) is 0.726. The van der Waals surface area contributed by atoms with Crippen LogP contribution in [0.15, 0.2) is 24.3 Å². The molecule has 0 saturated heterocycles. The number of rotatable bonds is 8. The second kappa shape index (κ2) is 8.59. The number of para-hydroxylation sites is 1. The minimum Gasteiger partial charge on any atom is -0.483 e. The molecule has 4 heteroatoms. The molecule has 2 atom stereocenters. The Morgan fingerprint density at radius 3 is 2.70 bits per heavy atom. The summed E-state index contributed by atoms with van der Waals surface area (Å²) in [6.45, 7) is 5.94. The van der Waals surface area contributed by atoms with Crippen LogP contribution in [0, 0.1) is 0 Å². The SMILES string of the molecule is CCCC(C)NC(=O)COc1ccccc1C(O)CC. The molecule has 0 radical (unpaired) electrons. The first-order valence-electron chi connectivity index (χ1n) is 7.27. The second-order valence-electron chi connectivity index (χ2n) is 5.01. The fraction of sp³-hybridized carbons (Fsp3) is 0.562. The molecule has 20 heavy (non-hydrogen) atoms. The molecule has 0 aliphatic carbocycles. The van der Waals surface area contributed by atoms with Crippen molar-refractivity contribution >= 4 is 5.91 Å². The maximum Gasteiger partial charge on any atom is 0.258 e. The van der Waals surface area contributed by atoms with Crippen molar-refractivity contribution in [1.29, 1.82) is 0 Å². The van der Waals surface area contributed by atoms with E-state index in [-0.39, 0.29) is 18.6 Å². The van der Waals surface area contributed by atoms with Crippen molar-refractivity contribution in [2.45, 2.75) is 52.2 Å². The predicted molar refractivity (Wildman–Crippen MR) is 79.7 cm³/mol. The lowest BCUT2D eigenvalue weighted by Gasteiger charge is -2.16. The Morgan fingerprint density at radius 1 is 1.35 bits per heavy atom. The zero-order chi connectivity index (χ0) is 15.0. The molecule has 0 saturated carbocycles. The first-order valence-corrected chi connectivity index (χ1v) is 7.27. The van der Waals surface area contributed by atoms with E-state index in [4.69, 9.17) is 4.74 Å². The molecule has 0 bridgehead atoms. The van der Waals surface area contributed by atoms with Crippen LogP contribution in [0.4, 0.5) is 0 Å². The third-order valence-corrected chi connectivity index (χ3v) is 3.15. The fourth-order valence-corrected chi connectivity index (χ4v) is 2.07. The topological polar surface area (TPSA) is 58.6 Å². The summed E-state index contributed by atoms with van der Waals surface area (Å²) in [4.78, 5) is 11.8. The number of carbonyl (C=O) groups excluding carboxylic acids is 1. The second-order valence-corrected chi connectivity index (χ2v) is 5.01. The summed E-state index contributed by atoms with van der Waals surface area (Å²) in [6.07, 6.45) is 2.04. The molecule has 4 nitrogen and oxygen atoms in total. The van der Waals surface area contributed by atoms with Gasteiger partial charge < -0.3 is 15.2 Å². The van der Waals surface area contributed by atoms with Gasteiger partial charge in [-0.1, -0.05) is 38.5 Å². The maximum atomic E-state index is 11.8. The Balaban J connectivity index is 2.55. The van der Waals surface area contributed by atoms with Crippen molar-refractivity contribution in [2.75, 3.05) is 6.61 Å². The van der Waals surface area contributed by atoms with Crippen molar-refractivity contribution in [1.82, 2.24) is 5.32 Å². The van der Waals surface area contributed by atoms with Crippen LogP contribution in [-0.4, -0.2) is 23.7 Å². The summed E-state index contributed by atoms with van der Waals surface area (Å²) in [5.74, 6) is 0.437. The van der Waals surface area contributed by atoms with E-state index in [0.29, 0.717) is 12.2 Å². The summed E-state index contributed by atoms with van der Waals surface area (Å²) < 4.78 is 5.53. The number of benzene rings is 1. The normalized spacial score (nSPS) is 13.6. The van der Waals surface area contributed by atoms with E-state index >= 15 is 0 Å². The van der Waals surface area contributed by atoms with E-state index in [1.54, 1.807) is 6.07 Å². The highest BCUT2D eigenvalue weighted by Gasteiger charge is 2.13. The van der Waals surface area contributed by atoms with Gasteiger partial charge in [0.05, 0.1) is 6.10 Å². The highest BCUT2D eigenvalue weighted by molar-refractivity contribution is 5.77. The number of amides is 1. The van der Waals surface area contributed by atoms with Crippen molar-refractivity contribution in [3.63, 3.8) is 0 Å². The zero-order valence-electron chi connectivity index (χ0n) is 12.6. The molecule has 1 rings (SSSR count). The van der Waals surface area contributed by atoms with Crippen LogP contribution in [0.3, 0.4) is 0 Å². The molecule has 2 unspecified atom stereocenters. The Labute approximate surface area is 121 Å². The van der Waals surface area contributed by atoms with Crippen LogP contribution < -0.4 is 10.1 Å². The first kappa shape index (κ1) is 16.5. The van der Waals surface area contributed by atoms with Gasteiger partial charge in [-0.25, -0.2) is 0 Å². The number of nitrogens with one attached hydrogen (secondary N) is 1. The van der Waals surface area contributed by atoms with E-state index < -0.39 is 6.10 Å². The van der Waals surface area contributed by atoms with Crippen LogP contribution >= 0.6 is 0 Å². The lowest BCUT2D eigenvalue weighted by atomic mass is 10.1. The molecule has 0 aliphatic rings. The highest BCUT2D eigenvalue weighted by Crippen LogP contribution is 2.26. The van der Waals surface area contributed by atoms with Crippen LogP contribution in [-0.2, 0) is 4.79 Å². The Hall–Kier alpha value is -1.55. The van der Waals surface area contributed by atoms with Gasteiger partial charge >= 0.3 is 0 Å². The van der Waals surface area contributed by atoms with Crippen LogP contribution in [0.2, 0.25) is 0 Å². The summed E-state index contributed by atoms with van der Waals surface area (Å²) >= 11 is 0. The molecular weight excluding hydrogens is 254 g/mol. The van der Waals surface area contributed by atoms with Gasteiger partial charge in [0.25, 0.3) is 5.91 Å². The van der Waals surface area contributed by atoms with Crippen molar-refractivity contribution in [2.24, 2.45) is 0 Å². The van der Waals surface area contributed by atoms with Gasteiger partial charge in [0.2, 0.25) is 0 Å². The van der Waals surface area contributed by atoms with Crippen LogP contribution in [0.25, 0.3) is 0 Å². The molecule has 1 aromatic rings. The largest absolute Gasteiger partial charge is 0.483 e.